The quantitative estimate of drug-likeness (QED) is 0.489. The van der Waals surface area contributed by atoms with Gasteiger partial charge in [-0.25, -0.2) is 0 Å². The zero-order chi connectivity index (χ0) is 20.3. The lowest BCUT2D eigenvalue weighted by Crippen LogP contribution is -2.17. The summed E-state index contributed by atoms with van der Waals surface area (Å²) in [6.45, 7) is -0.00822. The van der Waals surface area contributed by atoms with Crippen LogP contribution in [0.4, 0.5) is 5.69 Å². The van der Waals surface area contributed by atoms with Gasteiger partial charge in [-0.3, -0.25) is 9.59 Å². The molecular weight excluding hydrogens is 399 g/mol. The van der Waals surface area contributed by atoms with Gasteiger partial charge in [0.15, 0.2) is 0 Å². The van der Waals surface area contributed by atoms with Gasteiger partial charge in [0.05, 0.1) is 10.0 Å². The van der Waals surface area contributed by atoms with Gasteiger partial charge >= 0.3 is 0 Å². The Morgan fingerprint density at radius 1 is 1.18 bits per heavy atom. The highest BCUT2D eigenvalue weighted by atomic mass is 35.5. The van der Waals surface area contributed by atoms with E-state index in [2.05, 4.69) is 5.32 Å². The smallest absolute Gasteiger partial charge is 0.266 e. The van der Waals surface area contributed by atoms with Crippen LogP contribution in [0.25, 0.3) is 17.0 Å². The van der Waals surface area contributed by atoms with Crippen LogP contribution >= 0.6 is 23.2 Å². The number of nitrogens with zero attached hydrogens (tertiary/aromatic N) is 2. The van der Waals surface area contributed by atoms with E-state index in [4.69, 9.17) is 28.9 Å². The van der Waals surface area contributed by atoms with Crippen molar-refractivity contribution in [3.05, 3.63) is 69.8 Å². The molecule has 0 bridgehead atoms. The first-order chi connectivity index (χ1) is 13.4. The van der Waals surface area contributed by atoms with Gasteiger partial charge in [0, 0.05) is 28.4 Å². The second-order valence-corrected chi connectivity index (χ2v) is 6.76. The van der Waals surface area contributed by atoms with Crippen molar-refractivity contribution >= 4 is 57.7 Å². The molecule has 0 fully saturated rings. The molecule has 2 aromatic carbocycles. The summed E-state index contributed by atoms with van der Waals surface area (Å²) in [4.78, 5) is 23.8. The largest absolute Gasteiger partial charge is 0.368 e. The van der Waals surface area contributed by atoms with Crippen molar-refractivity contribution in [2.75, 3.05) is 5.32 Å². The Labute approximate surface area is 170 Å². The van der Waals surface area contributed by atoms with Crippen LogP contribution in [0.3, 0.4) is 0 Å². The number of halogens is 2. The van der Waals surface area contributed by atoms with Crippen LogP contribution in [0, 0.1) is 11.3 Å². The van der Waals surface area contributed by atoms with E-state index in [-0.39, 0.29) is 17.1 Å². The molecule has 1 aromatic heterocycles. The number of hydrogen-bond donors (Lipinski definition) is 2. The first-order valence-corrected chi connectivity index (χ1v) is 8.89. The highest BCUT2D eigenvalue weighted by molar-refractivity contribution is 6.42. The number of amides is 2. The van der Waals surface area contributed by atoms with Crippen LogP contribution in [0.5, 0.6) is 0 Å². The summed E-state index contributed by atoms with van der Waals surface area (Å²) in [5.41, 5.74) is 7.00. The summed E-state index contributed by atoms with van der Waals surface area (Å²) < 4.78 is 1.68. The van der Waals surface area contributed by atoms with Gasteiger partial charge in [-0.05, 0) is 30.3 Å². The maximum absolute atomic E-state index is 12.5. The van der Waals surface area contributed by atoms with Crippen molar-refractivity contribution < 1.29 is 9.59 Å². The van der Waals surface area contributed by atoms with E-state index in [1.807, 2.05) is 30.3 Å². The molecule has 0 saturated carbocycles. The second kappa shape index (κ2) is 8.17. The fourth-order valence-electron chi connectivity index (χ4n) is 2.77. The Morgan fingerprint density at radius 3 is 2.61 bits per heavy atom. The van der Waals surface area contributed by atoms with Crippen LogP contribution in [0.1, 0.15) is 5.56 Å². The summed E-state index contributed by atoms with van der Waals surface area (Å²) in [5.74, 6) is -1.08. The lowest BCUT2D eigenvalue weighted by Gasteiger charge is -2.05. The highest BCUT2D eigenvalue weighted by Gasteiger charge is 2.14. The van der Waals surface area contributed by atoms with Crippen LogP contribution in [0.2, 0.25) is 10.0 Å². The van der Waals surface area contributed by atoms with Gasteiger partial charge < -0.3 is 15.6 Å². The first kappa shape index (κ1) is 19.5. The number of primary amides is 1. The number of nitriles is 1. The van der Waals surface area contributed by atoms with Crippen molar-refractivity contribution in [3.63, 3.8) is 0 Å². The van der Waals surface area contributed by atoms with Crippen molar-refractivity contribution in [3.8, 4) is 6.07 Å². The number of hydrogen-bond acceptors (Lipinski definition) is 3. The molecule has 0 aliphatic rings. The fourth-order valence-corrected chi connectivity index (χ4v) is 3.06. The van der Waals surface area contributed by atoms with Gasteiger partial charge in [0.25, 0.3) is 5.91 Å². The third-order valence-electron chi connectivity index (χ3n) is 3.99. The van der Waals surface area contributed by atoms with Crippen molar-refractivity contribution in [2.24, 2.45) is 5.73 Å². The number of carbonyl (C=O) groups is 2. The lowest BCUT2D eigenvalue weighted by molar-refractivity contribution is -0.118. The normalized spacial score (nSPS) is 11.2. The third-order valence-corrected chi connectivity index (χ3v) is 4.73. The molecular formula is C20H14Cl2N4O2. The number of rotatable bonds is 5. The maximum Gasteiger partial charge on any atom is 0.266 e. The molecule has 8 heteroatoms. The lowest BCUT2D eigenvalue weighted by atomic mass is 10.1. The number of nitrogens with one attached hydrogen (secondary N) is 1. The average molecular weight is 413 g/mol. The number of anilines is 1. The minimum absolute atomic E-state index is 0.00822. The molecule has 0 atom stereocenters. The number of aromatic nitrogens is 1. The standard InChI is InChI=1S/C20H14Cl2N4O2/c21-16-6-5-14(8-17(16)22)25-20(28)12(9-23)7-13-10-26(11-19(24)27)18-4-2-1-3-15(13)18/h1-8,10H,11H2,(H2,24,27)(H,25,28). The minimum Gasteiger partial charge on any atom is -0.368 e. The molecule has 140 valence electrons. The van der Waals surface area contributed by atoms with E-state index in [0.29, 0.717) is 16.3 Å². The molecule has 3 N–H and O–H groups in total. The van der Waals surface area contributed by atoms with E-state index in [9.17, 15) is 14.9 Å². The molecule has 3 aromatic rings. The summed E-state index contributed by atoms with van der Waals surface area (Å²) >= 11 is 11.8. The molecule has 2 amide bonds. The van der Waals surface area contributed by atoms with E-state index in [0.717, 1.165) is 10.9 Å². The van der Waals surface area contributed by atoms with Crippen LogP contribution in [-0.2, 0) is 16.1 Å². The second-order valence-electron chi connectivity index (χ2n) is 5.95. The first-order valence-electron chi connectivity index (χ1n) is 8.13. The van der Waals surface area contributed by atoms with E-state index >= 15 is 0 Å². The Hall–Kier alpha value is -3.27. The fraction of sp³-hybridized carbons (Fsp3) is 0.0500. The van der Waals surface area contributed by atoms with Gasteiger partial charge in [0.1, 0.15) is 18.2 Å². The molecule has 0 aliphatic carbocycles. The van der Waals surface area contributed by atoms with Crippen LogP contribution in [0.15, 0.2) is 54.2 Å². The Balaban J connectivity index is 1.96. The molecule has 28 heavy (non-hydrogen) atoms. The monoisotopic (exact) mass is 412 g/mol. The summed E-state index contributed by atoms with van der Waals surface area (Å²) in [5, 5.41) is 13.5. The average Bonchev–Trinajstić information content (AvgIpc) is 2.99. The number of fused-ring (bicyclic) bond motifs is 1. The predicted octanol–water partition coefficient (Wildman–Crippen LogP) is 3.98. The van der Waals surface area contributed by atoms with Gasteiger partial charge in [-0.15, -0.1) is 0 Å². The zero-order valence-corrected chi connectivity index (χ0v) is 16.0. The van der Waals surface area contributed by atoms with E-state index in [1.165, 1.54) is 12.1 Å². The number of nitrogens with two attached hydrogens (primary N) is 1. The van der Waals surface area contributed by atoms with Gasteiger partial charge in [-0.1, -0.05) is 41.4 Å². The van der Waals surface area contributed by atoms with E-state index < -0.39 is 11.8 Å². The van der Waals surface area contributed by atoms with Crippen molar-refractivity contribution in [1.82, 2.24) is 4.57 Å². The Bertz CT molecular complexity index is 1160. The van der Waals surface area contributed by atoms with Crippen LogP contribution < -0.4 is 11.1 Å². The molecule has 0 spiro atoms. The topological polar surface area (TPSA) is 101 Å². The Morgan fingerprint density at radius 2 is 1.93 bits per heavy atom. The molecule has 1 heterocycles. The van der Waals surface area contributed by atoms with Gasteiger partial charge in [-0.2, -0.15) is 5.26 Å². The van der Waals surface area contributed by atoms with Crippen molar-refractivity contribution in [2.45, 2.75) is 6.54 Å². The van der Waals surface area contributed by atoms with Crippen molar-refractivity contribution in [1.29, 1.82) is 5.26 Å². The molecule has 0 saturated heterocycles. The highest BCUT2D eigenvalue weighted by Crippen LogP contribution is 2.26. The number of benzene rings is 2. The Kier molecular flexibility index (Phi) is 5.69. The van der Waals surface area contributed by atoms with Crippen LogP contribution in [-0.4, -0.2) is 16.4 Å². The summed E-state index contributed by atoms with van der Waals surface area (Å²) in [6, 6.07) is 13.9. The molecule has 0 radical (unpaired) electrons. The van der Waals surface area contributed by atoms with E-state index in [1.54, 1.807) is 22.9 Å². The molecule has 6 nitrogen and oxygen atoms in total. The maximum atomic E-state index is 12.5. The number of para-hydroxylation sites is 1. The molecule has 0 unspecified atom stereocenters. The minimum atomic E-state index is -0.590. The summed E-state index contributed by atoms with van der Waals surface area (Å²) in [6.07, 6.45) is 3.14. The predicted molar refractivity (Wildman–Crippen MR) is 110 cm³/mol. The van der Waals surface area contributed by atoms with Gasteiger partial charge in [0.2, 0.25) is 5.91 Å². The molecule has 0 aliphatic heterocycles. The summed E-state index contributed by atoms with van der Waals surface area (Å²) in [7, 11) is 0. The molecule has 3 rings (SSSR count). The third kappa shape index (κ3) is 4.17. The SMILES string of the molecule is N#CC(=Cc1cn(CC(N)=O)c2ccccc12)C(=O)Nc1ccc(Cl)c(Cl)c1. The number of carbonyl (C=O) groups excluding carboxylic acids is 2. The zero-order valence-electron chi connectivity index (χ0n) is 14.4.